The van der Waals surface area contributed by atoms with Gasteiger partial charge in [0.25, 0.3) is 0 Å². The molecule has 0 saturated heterocycles. The van der Waals surface area contributed by atoms with Gasteiger partial charge < -0.3 is 10.2 Å². The number of nitrogens with zero attached hydrogens (tertiary/aromatic N) is 1. The zero-order chi connectivity index (χ0) is 13.4. The summed E-state index contributed by atoms with van der Waals surface area (Å²) in [6, 6.07) is 9.21. The molecule has 0 amide bonds. The van der Waals surface area contributed by atoms with Gasteiger partial charge in [-0.05, 0) is 31.5 Å². The maximum atomic E-state index is 3.40. The van der Waals surface area contributed by atoms with E-state index in [1.807, 2.05) is 7.05 Å². The Morgan fingerprint density at radius 1 is 1.17 bits per heavy atom. The minimum atomic E-state index is 0.454. The van der Waals surface area contributed by atoms with Crippen LogP contribution in [0.4, 0.5) is 5.69 Å². The Hall–Kier alpha value is -1.02. The van der Waals surface area contributed by atoms with Gasteiger partial charge in [-0.15, -0.1) is 0 Å². The van der Waals surface area contributed by atoms with E-state index in [1.165, 1.54) is 30.5 Å². The second-order valence-corrected chi connectivity index (χ2v) is 4.94. The zero-order valence-corrected chi connectivity index (χ0v) is 12.4. The molecule has 0 fully saturated rings. The van der Waals surface area contributed by atoms with E-state index in [0.717, 1.165) is 13.0 Å². The largest absolute Gasteiger partial charge is 0.374 e. The molecule has 1 aromatic rings. The topological polar surface area (TPSA) is 15.3 Å². The van der Waals surface area contributed by atoms with Crippen molar-refractivity contribution in [2.24, 2.45) is 0 Å². The van der Waals surface area contributed by atoms with Crippen LogP contribution < -0.4 is 10.2 Å². The average Bonchev–Trinajstić information content (AvgIpc) is 2.41. The van der Waals surface area contributed by atoms with Gasteiger partial charge in [-0.2, -0.15) is 0 Å². The average molecular weight is 248 g/mol. The lowest BCUT2D eigenvalue weighted by Crippen LogP contribution is -2.23. The molecule has 0 aliphatic rings. The Morgan fingerprint density at radius 2 is 1.89 bits per heavy atom. The van der Waals surface area contributed by atoms with E-state index in [1.54, 1.807) is 0 Å². The summed E-state index contributed by atoms with van der Waals surface area (Å²) in [6.07, 6.45) is 4.99. The second-order valence-electron chi connectivity index (χ2n) is 4.94. The van der Waals surface area contributed by atoms with Crippen molar-refractivity contribution >= 4 is 5.69 Å². The molecule has 1 aromatic carbocycles. The van der Waals surface area contributed by atoms with Crippen molar-refractivity contribution < 1.29 is 0 Å². The van der Waals surface area contributed by atoms with E-state index in [4.69, 9.17) is 0 Å². The molecule has 1 N–H and O–H groups in total. The molecule has 0 aliphatic heterocycles. The van der Waals surface area contributed by atoms with Gasteiger partial charge in [-0.25, -0.2) is 0 Å². The molecule has 1 atom stereocenters. The first-order chi connectivity index (χ1) is 8.74. The molecular formula is C16H28N2. The number of rotatable bonds is 8. The van der Waals surface area contributed by atoms with E-state index in [9.17, 15) is 0 Å². The zero-order valence-electron chi connectivity index (χ0n) is 12.4. The summed E-state index contributed by atoms with van der Waals surface area (Å²) in [5, 5.41) is 3.40. The minimum Gasteiger partial charge on any atom is -0.374 e. The van der Waals surface area contributed by atoms with Crippen LogP contribution in [0.1, 0.15) is 51.1 Å². The van der Waals surface area contributed by atoms with E-state index in [2.05, 4.69) is 55.4 Å². The van der Waals surface area contributed by atoms with Crippen LogP contribution in [0, 0.1) is 0 Å². The van der Waals surface area contributed by atoms with Crippen molar-refractivity contribution in [3.63, 3.8) is 0 Å². The number of nitrogens with one attached hydrogen (secondary N) is 1. The van der Waals surface area contributed by atoms with Gasteiger partial charge >= 0.3 is 0 Å². The summed E-state index contributed by atoms with van der Waals surface area (Å²) in [5.41, 5.74) is 2.79. The molecule has 1 unspecified atom stereocenters. The van der Waals surface area contributed by atoms with Crippen LogP contribution >= 0.6 is 0 Å². The summed E-state index contributed by atoms with van der Waals surface area (Å²) >= 11 is 0. The third kappa shape index (κ3) is 4.02. The highest BCUT2D eigenvalue weighted by atomic mass is 15.1. The van der Waals surface area contributed by atoms with E-state index in [0.29, 0.717) is 6.04 Å². The third-order valence-corrected chi connectivity index (χ3v) is 3.58. The highest BCUT2D eigenvalue weighted by Crippen LogP contribution is 2.27. The third-order valence-electron chi connectivity index (χ3n) is 3.58. The minimum absolute atomic E-state index is 0.454. The first-order valence-corrected chi connectivity index (χ1v) is 7.21. The summed E-state index contributed by atoms with van der Waals surface area (Å²) in [5.74, 6) is 0. The SMILES string of the molecule is CCCCCN(C)c1ccccc1C(CC)NC. The first-order valence-electron chi connectivity index (χ1n) is 7.21. The Kier molecular flexibility index (Phi) is 6.81. The predicted molar refractivity (Wildman–Crippen MR) is 81.3 cm³/mol. The number of unbranched alkanes of at least 4 members (excludes halogenated alkanes) is 2. The van der Waals surface area contributed by atoms with E-state index < -0.39 is 0 Å². The van der Waals surface area contributed by atoms with Crippen LogP contribution in [-0.4, -0.2) is 20.6 Å². The smallest absolute Gasteiger partial charge is 0.0412 e. The molecule has 0 radical (unpaired) electrons. The van der Waals surface area contributed by atoms with Crippen LogP contribution in [0.5, 0.6) is 0 Å². The fraction of sp³-hybridized carbons (Fsp3) is 0.625. The van der Waals surface area contributed by atoms with Crippen molar-refractivity contribution in [1.29, 1.82) is 0 Å². The molecule has 2 heteroatoms. The standard InChI is InChI=1S/C16H28N2/c1-5-7-10-13-18(4)16-12-9-8-11-14(16)15(6-2)17-3/h8-9,11-12,15,17H,5-7,10,13H2,1-4H3. The van der Waals surface area contributed by atoms with Crippen LogP contribution in [0.3, 0.4) is 0 Å². The lowest BCUT2D eigenvalue weighted by Gasteiger charge is -2.26. The number of para-hydroxylation sites is 1. The fourth-order valence-electron chi connectivity index (χ4n) is 2.43. The normalized spacial score (nSPS) is 12.4. The molecule has 0 aliphatic carbocycles. The Morgan fingerprint density at radius 3 is 2.50 bits per heavy atom. The molecular weight excluding hydrogens is 220 g/mol. The van der Waals surface area contributed by atoms with Gasteiger partial charge in [-0.1, -0.05) is 44.9 Å². The van der Waals surface area contributed by atoms with Crippen molar-refractivity contribution in [3.8, 4) is 0 Å². The quantitative estimate of drug-likeness (QED) is 0.700. The molecule has 2 nitrogen and oxygen atoms in total. The van der Waals surface area contributed by atoms with Gasteiger partial charge in [-0.3, -0.25) is 0 Å². The number of hydrogen-bond acceptors (Lipinski definition) is 2. The molecule has 0 bridgehead atoms. The van der Waals surface area contributed by atoms with E-state index >= 15 is 0 Å². The number of hydrogen-bond donors (Lipinski definition) is 1. The van der Waals surface area contributed by atoms with Gasteiger partial charge in [0.05, 0.1) is 0 Å². The molecule has 0 saturated carbocycles. The predicted octanol–water partition coefficient (Wildman–Crippen LogP) is 3.98. The van der Waals surface area contributed by atoms with Crippen LogP contribution in [0.2, 0.25) is 0 Å². The first kappa shape index (κ1) is 15.0. The monoisotopic (exact) mass is 248 g/mol. The van der Waals surface area contributed by atoms with Crippen molar-refractivity contribution in [2.75, 3.05) is 25.5 Å². The maximum Gasteiger partial charge on any atom is 0.0412 e. The molecule has 0 spiro atoms. The summed E-state index contributed by atoms with van der Waals surface area (Å²) in [7, 11) is 4.25. The summed E-state index contributed by atoms with van der Waals surface area (Å²) in [6.45, 7) is 5.63. The molecule has 102 valence electrons. The second kappa shape index (κ2) is 8.15. The summed E-state index contributed by atoms with van der Waals surface area (Å²) < 4.78 is 0. The van der Waals surface area contributed by atoms with Gasteiger partial charge in [0.2, 0.25) is 0 Å². The highest BCUT2D eigenvalue weighted by molar-refractivity contribution is 5.54. The van der Waals surface area contributed by atoms with Crippen LogP contribution in [0.25, 0.3) is 0 Å². The molecule has 1 rings (SSSR count). The fourth-order valence-corrected chi connectivity index (χ4v) is 2.43. The molecule has 0 aromatic heterocycles. The number of anilines is 1. The van der Waals surface area contributed by atoms with Crippen LogP contribution in [0.15, 0.2) is 24.3 Å². The Balaban J connectivity index is 2.80. The molecule has 18 heavy (non-hydrogen) atoms. The summed E-state index contributed by atoms with van der Waals surface area (Å²) in [4.78, 5) is 2.39. The van der Waals surface area contributed by atoms with Crippen molar-refractivity contribution in [3.05, 3.63) is 29.8 Å². The lowest BCUT2D eigenvalue weighted by atomic mass is 10.0. The lowest BCUT2D eigenvalue weighted by molar-refractivity contribution is 0.575. The Bertz CT molecular complexity index is 332. The highest BCUT2D eigenvalue weighted by Gasteiger charge is 2.13. The van der Waals surface area contributed by atoms with Crippen LogP contribution in [-0.2, 0) is 0 Å². The molecule has 0 heterocycles. The maximum absolute atomic E-state index is 3.40. The van der Waals surface area contributed by atoms with Crippen molar-refractivity contribution in [1.82, 2.24) is 5.32 Å². The van der Waals surface area contributed by atoms with Crippen molar-refractivity contribution in [2.45, 2.75) is 45.6 Å². The number of benzene rings is 1. The Labute approximate surface area is 112 Å². The van der Waals surface area contributed by atoms with E-state index in [-0.39, 0.29) is 0 Å². The van der Waals surface area contributed by atoms with Gasteiger partial charge in [0.15, 0.2) is 0 Å². The van der Waals surface area contributed by atoms with Gasteiger partial charge in [0.1, 0.15) is 0 Å². The van der Waals surface area contributed by atoms with Gasteiger partial charge in [0, 0.05) is 25.3 Å².